The minimum atomic E-state index is -0.106. The molecule has 78 valence electrons. The first-order chi connectivity index (χ1) is 6.50. The second kappa shape index (κ2) is 4.59. The van der Waals surface area contributed by atoms with Gasteiger partial charge in [-0.25, -0.2) is 4.39 Å². The van der Waals surface area contributed by atoms with Crippen LogP contribution in [0.15, 0.2) is 18.2 Å². The lowest BCUT2D eigenvalue weighted by molar-refractivity contribution is 0.417. The van der Waals surface area contributed by atoms with E-state index in [1.165, 1.54) is 5.56 Å². The van der Waals surface area contributed by atoms with Crippen LogP contribution < -0.4 is 0 Å². The molecule has 0 bridgehead atoms. The zero-order valence-electron chi connectivity index (χ0n) is 9.47. The van der Waals surface area contributed by atoms with Gasteiger partial charge >= 0.3 is 0 Å². The first-order valence-corrected chi connectivity index (χ1v) is 5.25. The van der Waals surface area contributed by atoms with Crippen LogP contribution in [0.2, 0.25) is 0 Å². The molecule has 0 aromatic heterocycles. The molecule has 1 atom stereocenters. The largest absolute Gasteiger partial charge is 0.207 e. The zero-order chi connectivity index (χ0) is 10.7. The second-order valence-electron chi connectivity index (χ2n) is 4.51. The van der Waals surface area contributed by atoms with Gasteiger partial charge in [-0.3, -0.25) is 0 Å². The summed E-state index contributed by atoms with van der Waals surface area (Å²) in [6.07, 6.45) is 1.04. The van der Waals surface area contributed by atoms with Crippen LogP contribution in [0.3, 0.4) is 0 Å². The topological polar surface area (TPSA) is 0 Å². The molecule has 0 N–H and O–H groups in total. The van der Waals surface area contributed by atoms with Crippen molar-refractivity contribution < 1.29 is 4.39 Å². The van der Waals surface area contributed by atoms with E-state index < -0.39 is 0 Å². The predicted molar refractivity (Wildman–Crippen MR) is 58.8 cm³/mol. The molecule has 1 aromatic carbocycles. The van der Waals surface area contributed by atoms with Gasteiger partial charge in [0, 0.05) is 0 Å². The molecule has 1 rings (SSSR count). The SMILES string of the molecule is Cc1cc(CC(C)C(C)C)ccc1F. The highest BCUT2D eigenvalue weighted by Gasteiger charge is 2.08. The highest BCUT2D eigenvalue weighted by atomic mass is 19.1. The molecule has 0 saturated heterocycles. The Bertz CT molecular complexity index is 302. The van der Waals surface area contributed by atoms with E-state index in [0.29, 0.717) is 11.8 Å². The fraction of sp³-hybridized carbons (Fsp3) is 0.538. The molecule has 1 unspecified atom stereocenters. The number of aryl methyl sites for hydroxylation is 1. The molecule has 0 spiro atoms. The minimum Gasteiger partial charge on any atom is -0.207 e. The summed E-state index contributed by atoms with van der Waals surface area (Å²) in [6, 6.07) is 5.41. The summed E-state index contributed by atoms with van der Waals surface area (Å²) in [7, 11) is 0. The van der Waals surface area contributed by atoms with Gasteiger partial charge in [-0.2, -0.15) is 0 Å². The third kappa shape index (κ3) is 2.83. The number of hydrogen-bond acceptors (Lipinski definition) is 0. The maximum Gasteiger partial charge on any atom is 0.126 e. The van der Waals surface area contributed by atoms with Gasteiger partial charge in [-0.1, -0.05) is 32.9 Å². The summed E-state index contributed by atoms with van der Waals surface area (Å²) in [5, 5.41) is 0. The highest BCUT2D eigenvalue weighted by molar-refractivity contribution is 5.24. The Kier molecular flexibility index (Phi) is 3.68. The van der Waals surface area contributed by atoms with Crippen LogP contribution in [0.4, 0.5) is 4.39 Å². The maximum atomic E-state index is 13.0. The van der Waals surface area contributed by atoms with Crippen molar-refractivity contribution in [2.75, 3.05) is 0 Å². The van der Waals surface area contributed by atoms with E-state index in [1.807, 2.05) is 19.1 Å². The average Bonchev–Trinajstić information content (AvgIpc) is 2.11. The third-order valence-electron chi connectivity index (χ3n) is 2.92. The van der Waals surface area contributed by atoms with Crippen molar-refractivity contribution in [3.8, 4) is 0 Å². The number of rotatable bonds is 3. The molecule has 0 aliphatic heterocycles. The maximum absolute atomic E-state index is 13.0. The van der Waals surface area contributed by atoms with Crippen LogP contribution in [0.1, 0.15) is 31.9 Å². The van der Waals surface area contributed by atoms with E-state index in [0.717, 1.165) is 12.0 Å². The molecular formula is C13H19F. The van der Waals surface area contributed by atoms with Gasteiger partial charge in [0.2, 0.25) is 0 Å². The van der Waals surface area contributed by atoms with Crippen molar-refractivity contribution in [3.05, 3.63) is 35.1 Å². The van der Waals surface area contributed by atoms with Gasteiger partial charge in [0.1, 0.15) is 5.82 Å². The van der Waals surface area contributed by atoms with E-state index in [-0.39, 0.29) is 5.82 Å². The summed E-state index contributed by atoms with van der Waals surface area (Å²) in [4.78, 5) is 0. The average molecular weight is 194 g/mol. The Morgan fingerprint density at radius 3 is 2.36 bits per heavy atom. The Hall–Kier alpha value is -0.850. The molecule has 0 heterocycles. The Balaban J connectivity index is 2.73. The fourth-order valence-corrected chi connectivity index (χ4v) is 1.44. The summed E-state index contributed by atoms with van der Waals surface area (Å²) in [5.74, 6) is 1.23. The van der Waals surface area contributed by atoms with Crippen LogP contribution in [0, 0.1) is 24.6 Å². The van der Waals surface area contributed by atoms with Gasteiger partial charge in [-0.05, 0) is 42.4 Å². The van der Waals surface area contributed by atoms with Crippen molar-refractivity contribution in [1.29, 1.82) is 0 Å². The lowest BCUT2D eigenvalue weighted by atomic mass is 9.90. The molecule has 0 nitrogen and oxygen atoms in total. The molecular weight excluding hydrogens is 175 g/mol. The molecule has 14 heavy (non-hydrogen) atoms. The lowest BCUT2D eigenvalue weighted by Crippen LogP contribution is -2.07. The fourth-order valence-electron chi connectivity index (χ4n) is 1.44. The van der Waals surface area contributed by atoms with Gasteiger partial charge in [0.25, 0.3) is 0 Å². The lowest BCUT2D eigenvalue weighted by Gasteiger charge is -2.15. The Morgan fingerprint density at radius 1 is 1.21 bits per heavy atom. The molecule has 1 aromatic rings. The summed E-state index contributed by atoms with van der Waals surface area (Å²) in [5.41, 5.74) is 1.99. The van der Waals surface area contributed by atoms with E-state index in [2.05, 4.69) is 20.8 Å². The van der Waals surface area contributed by atoms with E-state index in [1.54, 1.807) is 6.07 Å². The summed E-state index contributed by atoms with van der Waals surface area (Å²) >= 11 is 0. The van der Waals surface area contributed by atoms with Crippen molar-refractivity contribution >= 4 is 0 Å². The number of halogens is 1. The standard InChI is InChI=1S/C13H19F/c1-9(2)10(3)7-12-5-6-13(14)11(4)8-12/h5-6,8-10H,7H2,1-4H3. The summed E-state index contributed by atoms with van der Waals surface area (Å²) < 4.78 is 13.0. The van der Waals surface area contributed by atoms with Crippen molar-refractivity contribution in [1.82, 2.24) is 0 Å². The second-order valence-corrected chi connectivity index (χ2v) is 4.51. The molecule has 0 fully saturated rings. The first-order valence-electron chi connectivity index (χ1n) is 5.25. The van der Waals surface area contributed by atoms with Gasteiger partial charge in [0.05, 0.1) is 0 Å². The van der Waals surface area contributed by atoms with Crippen LogP contribution >= 0.6 is 0 Å². The van der Waals surface area contributed by atoms with Crippen LogP contribution in [0.5, 0.6) is 0 Å². The zero-order valence-corrected chi connectivity index (χ0v) is 9.47. The van der Waals surface area contributed by atoms with Crippen LogP contribution in [-0.4, -0.2) is 0 Å². The van der Waals surface area contributed by atoms with Gasteiger partial charge in [0.15, 0.2) is 0 Å². The van der Waals surface area contributed by atoms with Crippen molar-refractivity contribution in [2.45, 2.75) is 34.1 Å². The molecule has 0 amide bonds. The quantitative estimate of drug-likeness (QED) is 0.683. The van der Waals surface area contributed by atoms with Gasteiger partial charge in [-0.15, -0.1) is 0 Å². The first kappa shape index (κ1) is 11.2. The van der Waals surface area contributed by atoms with Crippen molar-refractivity contribution in [3.63, 3.8) is 0 Å². The van der Waals surface area contributed by atoms with Crippen LogP contribution in [-0.2, 0) is 6.42 Å². The van der Waals surface area contributed by atoms with Gasteiger partial charge < -0.3 is 0 Å². The Labute approximate surface area is 86.2 Å². The molecule has 1 heteroatoms. The number of hydrogen-bond donors (Lipinski definition) is 0. The summed E-state index contributed by atoms with van der Waals surface area (Å²) in [6.45, 7) is 8.50. The van der Waals surface area contributed by atoms with Crippen LogP contribution in [0.25, 0.3) is 0 Å². The van der Waals surface area contributed by atoms with Crippen molar-refractivity contribution in [2.24, 2.45) is 11.8 Å². The molecule has 0 aliphatic rings. The highest BCUT2D eigenvalue weighted by Crippen LogP contribution is 2.18. The van der Waals surface area contributed by atoms with E-state index >= 15 is 0 Å². The molecule has 0 saturated carbocycles. The third-order valence-corrected chi connectivity index (χ3v) is 2.92. The van der Waals surface area contributed by atoms with E-state index in [9.17, 15) is 4.39 Å². The Morgan fingerprint density at radius 2 is 1.86 bits per heavy atom. The monoisotopic (exact) mass is 194 g/mol. The normalized spacial score (nSPS) is 13.3. The molecule has 0 aliphatic carbocycles. The van der Waals surface area contributed by atoms with E-state index in [4.69, 9.17) is 0 Å². The molecule has 0 radical (unpaired) electrons. The number of benzene rings is 1. The smallest absolute Gasteiger partial charge is 0.126 e. The minimum absolute atomic E-state index is 0.106. The predicted octanol–water partition coefficient (Wildman–Crippen LogP) is 3.97.